The smallest absolute Gasteiger partial charge is 0.194 e. The van der Waals surface area contributed by atoms with E-state index in [0.717, 1.165) is 6.07 Å². The van der Waals surface area contributed by atoms with E-state index < -0.39 is 31.3 Å². The molecule has 0 amide bonds. The predicted molar refractivity (Wildman–Crippen MR) is 63.4 cm³/mol. The number of ketones is 1. The van der Waals surface area contributed by atoms with Gasteiger partial charge < -0.3 is 0 Å². The molecule has 17 heavy (non-hydrogen) atoms. The second-order valence-corrected chi connectivity index (χ2v) is 10.8. The van der Waals surface area contributed by atoms with Crippen LogP contribution in [0.4, 0.5) is 13.2 Å². The maximum Gasteiger partial charge on any atom is 0.194 e. The fourth-order valence-electron chi connectivity index (χ4n) is 1.65. The topological polar surface area (TPSA) is 17.1 Å². The highest BCUT2D eigenvalue weighted by Crippen LogP contribution is 2.24. The highest BCUT2D eigenvalue weighted by molar-refractivity contribution is 6.75. The summed E-state index contributed by atoms with van der Waals surface area (Å²) in [7, 11) is -1.73. The second-order valence-electron chi connectivity index (χ2n) is 5.31. The third-order valence-corrected chi connectivity index (χ3v) is 3.76. The molecule has 0 N–H and O–H groups in total. The van der Waals surface area contributed by atoms with E-state index in [1.165, 1.54) is 6.92 Å². The molecule has 0 aromatic heterocycles. The standard InChI is InChI=1S/C12H15F3OSi/c1-7(16)8-5-10(13)12(15)11(14)9(8)6-17(2,3)4/h5H,6H2,1-4H3. The van der Waals surface area contributed by atoms with Gasteiger partial charge in [-0.15, -0.1) is 0 Å². The van der Waals surface area contributed by atoms with Crippen LogP contribution < -0.4 is 0 Å². The molecule has 0 aliphatic rings. The largest absolute Gasteiger partial charge is 0.294 e. The van der Waals surface area contributed by atoms with E-state index in [1.807, 2.05) is 19.6 Å². The molecule has 0 saturated carbocycles. The van der Waals surface area contributed by atoms with E-state index in [-0.39, 0.29) is 11.1 Å². The van der Waals surface area contributed by atoms with Gasteiger partial charge in [0.05, 0.1) is 0 Å². The number of benzene rings is 1. The zero-order valence-corrected chi connectivity index (χ0v) is 11.3. The molecule has 0 saturated heterocycles. The van der Waals surface area contributed by atoms with Crippen molar-refractivity contribution in [1.82, 2.24) is 0 Å². The monoisotopic (exact) mass is 260 g/mol. The Morgan fingerprint density at radius 3 is 2.12 bits per heavy atom. The highest BCUT2D eigenvalue weighted by Gasteiger charge is 2.25. The lowest BCUT2D eigenvalue weighted by Gasteiger charge is -2.18. The van der Waals surface area contributed by atoms with Crippen molar-refractivity contribution in [3.63, 3.8) is 0 Å². The van der Waals surface area contributed by atoms with E-state index in [0.29, 0.717) is 6.04 Å². The van der Waals surface area contributed by atoms with Crippen LogP contribution in [0.15, 0.2) is 6.07 Å². The summed E-state index contributed by atoms with van der Waals surface area (Å²) >= 11 is 0. The normalized spacial score (nSPS) is 11.7. The van der Waals surface area contributed by atoms with Crippen LogP contribution in [0.2, 0.25) is 19.6 Å². The predicted octanol–water partition coefficient (Wildman–Crippen LogP) is 3.73. The van der Waals surface area contributed by atoms with Gasteiger partial charge in [0.1, 0.15) is 0 Å². The quantitative estimate of drug-likeness (QED) is 0.460. The van der Waals surface area contributed by atoms with Gasteiger partial charge in [-0.2, -0.15) is 0 Å². The summed E-state index contributed by atoms with van der Waals surface area (Å²) in [4.78, 5) is 11.3. The van der Waals surface area contributed by atoms with Crippen molar-refractivity contribution >= 4 is 13.9 Å². The van der Waals surface area contributed by atoms with Gasteiger partial charge in [-0.1, -0.05) is 19.6 Å². The van der Waals surface area contributed by atoms with E-state index in [1.54, 1.807) is 0 Å². The Bertz CT molecular complexity index is 464. The number of Topliss-reactive ketones (excluding diaryl/α,β-unsaturated/α-hetero) is 1. The van der Waals surface area contributed by atoms with Crippen LogP contribution in [0.3, 0.4) is 0 Å². The van der Waals surface area contributed by atoms with Gasteiger partial charge >= 0.3 is 0 Å². The third kappa shape index (κ3) is 3.18. The zero-order chi connectivity index (χ0) is 13.4. The van der Waals surface area contributed by atoms with Crippen molar-refractivity contribution < 1.29 is 18.0 Å². The Balaban J connectivity index is 3.44. The van der Waals surface area contributed by atoms with Crippen molar-refractivity contribution in [2.75, 3.05) is 0 Å². The van der Waals surface area contributed by atoms with Gasteiger partial charge in [-0.05, 0) is 24.6 Å². The molecule has 5 heteroatoms. The van der Waals surface area contributed by atoms with E-state index in [4.69, 9.17) is 0 Å². The molecule has 1 aromatic rings. The summed E-state index contributed by atoms with van der Waals surface area (Å²) in [5, 5.41) is 0. The second kappa shape index (κ2) is 4.64. The van der Waals surface area contributed by atoms with Gasteiger partial charge in [0.25, 0.3) is 0 Å². The Morgan fingerprint density at radius 1 is 1.18 bits per heavy atom. The molecule has 0 atom stereocenters. The van der Waals surface area contributed by atoms with Gasteiger partial charge in [0, 0.05) is 13.6 Å². The fraction of sp³-hybridized carbons (Fsp3) is 0.417. The fourth-order valence-corrected chi connectivity index (χ4v) is 3.06. The van der Waals surface area contributed by atoms with Crippen LogP contribution >= 0.6 is 0 Å². The maximum atomic E-state index is 13.7. The van der Waals surface area contributed by atoms with Crippen molar-refractivity contribution in [1.29, 1.82) is 0 Å². The molecule has 1 rings (SSSR count). The molecule has 1 aromatic carbocycles. The lowest BCUT2D eigenvalue weighted by Crippen LogP contribution is -2.26. The molecule has 0 radical (unpaired) electrons. The molecule has 1 nitrogen and oxygen atoms in total. The number of carbonyl (C=O) groups is 1. The molecular formula is C12H15F3OSi. The summed E-state index contributed by atoms with van der Waals surface area (Å²) in [5.74, 6) is -4.48. The number of halogens is 3. The minimum atomic E-state index is -1.73. The zero-order valence-electron chi connectivity index (χ0n) is 10.3. The van der Waals surface area contributed by atoms with E-state index >= 15 is 0 Å². The highest BCUT2D eigenvalue weighted by atomic mass is 28.3. The van der Waals surface area contributed by atoms with E-state index in [2.05, 4.69) is 0 Å². The first-order valence-corrected chi connectivity index (χ1v) is 9.01. The Kier molecular flexibility index (Phi) is 3.81. The van der Waals surface area contributed by atoms with Crippen molar-refractivity contribution in [2.24, 2.45) is 0 Å². The summed E-state index contributed by atoms with van der Waals surface area (Å²) in [6.07, 6.45) is 0. The lowest BCUT2D eigenvalue weighted by atomic mass is 10.0. The first-order chi connectivity index (χ1) is 7.63. The number of carbonyl (C=O) groups excluding carboxylic acids is 1. The minimum absolute atomic E-state index is 0.00978. The SMILES string of the molecule is CC(=O)c1cc(F)c(F)c(F)c1C[Si](C)(C)C. The molecule has 0 spiro atoms. The van der Waals surface area contributed by atoms with Crippen LogP contribution in [0.5, 0.6) is 0 Å². The molecular weight excluding hydrogens is 245 g/mol. The molecule has 0 bridgehead atoms. The molecule has 0 aliphatic carbocycles. The molecule has 0 unspecified atom stereocenters. The summed E-state index contributed by atoms with van der Waals surface area (Å²) in [5.41, 5.74) is -0.0422. The molecule has 94 valence electrons. The molecule has 0 aliphatic heterocycles. The maximum absolute atomic E-state index is 13.7. The summed E-state index contributed by atoms with van der Waals surface area (Å²) in [6, 6.07) is 1.10. The number of hydrogen-bond acceptors (Lipinski definition) is 1. The van der Waals surface area contributed by atoms with Gasteiger partial charge in [-0.3, -0.25) is 4.79 Å². The number of rotatable bonds is 3. The average molecular weight is 260 g/mol. The van der Waals surface area contributed by atoms with Crippen LogP contribution in [0, 0.1) is 17.5 Å². The Labute approximate surface area is 99.7 Å². The van der Waals surface area contributed by atoms with Crippen molar-refractivity contribution in [3.8, 4) is 0 Å². The van der Waals surface area contributed by atoms with Crippen molar-refractivity contribution in [2.45, 2.75) is 32.6 Å². The lowest BCUT2D eigenvalue weighted by molar-refractivity contribution is 0.101. The first kappa shape index (κ1) is 14.0. The van der Waals surface area contributed by atoms with Crippen LogP contribution in [0.1, 0.15) is 22.8 Å². The van der Waals surface area contributed by atoms with Crippen molar-refractivity contribution in [3.05, 3.63) is 34.6 Å². The Morgan fingerprint density at radius 2 is 1.71 bits per heavy atom. The van der Waals surface area contributed by atoms with Gasteiger partial charge in [-0.25, -0.2) is 13.2 Å². The summed E-state index contributed by atoms with van der Waals surface area (Å²) < 4.78 is 39.9. The van der Waals surface area contributed by atoms with Crippen LogP contribution in [0.25, 0.3) is 0 Å². The minimum Gasteiger partial charge on any atom is -0.294 e. The number of hydrogen-bond donors (Lipinski definition) is 0. The van der Waals surface area contributed by atoms with Gasteiger partial charge in [0.2, 0.25) is 0 Å². The molecule has 0 heterocycles. The first-order valence-electron chi connectivity index (χ1n) is 5.31. The Hall–Kier alpha value is -1.10. The van der Waals surface area contributed by atoms with Gasteiger partial charge in [0.15, 0.2) is 23.2 Å². The molecule has 0 fully saturated rings. The summed E-state index contributed by atoms with van der Waals surface area (Å²) in [6.45, 7) is 7.13. The third-order valence-electron chi connectivity index (χ3n) is 2.35. The average Bonchev–Trinajstić information content (AvgIpc) is 2.16. The van der Waals surface area contributed by atoms with Crippen LogP contribution in [-0.4, -0.2) is 13.9 Å². The van der Waals surface area contributed by atoms with E-state index in [9.17, 15) is 18.0 Å². The van der Waals surface area contributed by atoms with Crippen LogP contribution in [-0.2, 0) is 6.04 Å².